The molecular formula is C35H51BN2O7. The van der Waals surface area contributed by atoms with Crippen molar-refractivity contribution in [3.05, 3.63) is 65.2 Å². The maximum Gasteiger partial charge on any atom is 0.494 e. The Morgan fingerprint density at radius 3 is 2.00 bits per heavy atom. The van der Waals surface area contributed by atoms with E-state index in [1.54, 1.807) is 52.0 Å². The minimum absolute atomic E-state index is 0.120. The van der Waals surface area contributed by atoms with Gasteiger partial charge in [0.05, 0.1) is 17.8 Å². The molecule has 2 aromatic carbocycles. The zero-order chi connectivity index (χ0) is 33.6. The first kappa shape index (κ1) is 36.1. The molecule has 1 heterocycles. The third kappa shape index (κ3) is 9.81. The summed E-state index contributed by atoms with van der Waals surface area (Å²) in [4.78, 5) is 38.0. The number of nitrogens with one attached hydrogen (secondary N) is 2. The Morgan fingerprint density at radius 1 is 0.911 bits per heavy atom. The van der Waals surface area contributed by atoms with Gasteiger partial charge in [-0.15, -0.1) is 0 Å². The van der Waals surface area contributed by atoms with Crippen molar-refractivity contribution in [3.8, 4) is 0 Å². The van der Waals surface area contributed by atoms with Crippen molar-refractivity contribution in [1.29, 1.82) is 0 Å². The first-order valence-corrected chi connectivity index (χ1v) is 15.9. The number of hydrogen-bond acceptors (Lipinski definition) is 7. The maximum atomic E-state index is 13.2. The number of benzene rings is 2. The molecule has 1 aliphatic heterocycles. The van der Waals surface area contributed by atoms with Gasteiger partial charge >= 0.3 is 19.2 Å². The minimum atomic E-state index is -0.924. The van der Waals surface area contributed by atoms with Gasteiger partial charge < -0.3 is 29.4 Å². The summed E-state index contributed by atoms with van der Waals surface area (Å²) >= 11 is 0. The molecule has 2 amide bonds. The van der Waals surface area contributed by atoms with Crippen molar-refractivity contribution in [2.45, 2.75) is 111 Å². The van der Waals surface area contributed by atoms with Crippen LogP contribution in [0, 0.1) is 5.92 Å². The van der Waals surface area contributed by atoms with Gasteiger partial charge in [-0.25, -0.2) is 9.59 Å². The van der Waals surface area contributed by atoms with E-state index < -0.39 is 42.0 Å². The van der Waals surface area contributed by atoms with Crippen molar-refractivity contribution >= 4 is 30.6 Å². The lowest BCUT2D eigenvalue weighted by molar-refractivity contribution is -0.145. The van der Waals surface area contributed by atoms with Crippen LogP contribution in [-0.4, -0.2) is 61.1 Å². The molecule has 2 N–H and O–H groups in total. The van der Waals surface area contributed by atoms with Gasteiger partial charge in [0, 0.05) is 24.4 Å². The lowest BCUT2D eigenvalue weighted by Crippen LogP contribution is -2.45. The van der Waals surface area contributed by atoms with Gasteiger partial charge in [0.2, 0.25) is 0 Å². The number of esters is 1. The fourth-order valence-electron chi connectivity index (χ4n) is 5.03. The molecule has 0 spiro atoms. The third-order valence-corrected chi connectivity index (χ3v) is 8.62. The van der Waals surface area contributed by atoms with Crippen LogP contribution in [0.25, 0.3) is 0 Å². The normalized spacial score (nSPS) is 17.6. The lowest BCUT2D eigenvalue weighted by atomic mass is 9.77. The van der Waals surface area contributed by atoms with Crippen LogP contribution >= 0.6 is 0 Å². The molecule has 0 radical (unpaired) electrons. The zero-order valence-corrected chi connectivity index (χ0v) is 28.6. The molecular weight excluding hydrogens is 571 g/mol. The van der Waals surface area contributed by atoms with Gasteiger partial charge in [-0.05, 0) is 90.0 Å². The average Bonchev–Trinajstić information content (AvgIpc) is 3.18. The molecule has 0 aliphatic carbocycles. The highest BCUT2D eigenvalue weighted by Gasteiger charge is 2.51. The number of ether oxygens (including phenoxy) is 2. The molecule has 1 aliphatic rings. The second-order valence-electron chi connectivity index (χ2n) is 13.8. The van der Waals surface area contributed by atoms with Crippen molar-refractivity contribution in [3.63, 3.8) is 0 Å². The highest BCUT2D eigenvalue weighted by Crippen LogP contribution is 2.36. The van der Waals surface area contributed by atoms with Crippen LogP contribution in [0.2, 0.25) is 0 Å². The third-order valence-electron chi connectivity index (χ3n) is 8.62. The Kier molecular flexibility index (Phi) is 11.9. The molecule has 246 valence electrons. The summed E-state index contributed by atoms with van der Waals surface area (Å²) in [6, 6.07) is 14.4. The quantitative estimate of drug-likeness (QED) is 0.236. The van der Waals surface area contributed by atoms with Crippen LogP contribution in [0.3, 0.4) is 0 Å². The molecule has 1 saturated heterocycles. The summed E-state index contributed by atoms with van der Waals surface area (Å²) in [6.07, 6.45) is 0.459. The standard InChI is InChI=1S/C35H51BN2O7/c1-11-23(3)28(25-17-19-27(20-18-25)36-44-34(7,8)35(9,10)45-36)22-37-30(39)26-15-13-24(14-16-26)21-29(31(40)42-12-2)38-32(41)43-33(4,5)6/h13-20,23,28-29H,11-12,21-22H2,1-10H3,(H,37,39)(H,38,41)/t23?,28-,29+/m1/s1. The molecule has 9 nitrogen and oxygen atoms in total. The molecule has 10 heteroatoms. The molecule has 0 bridgehead atoms. The van der Waals surface area contributed by atoms with Crippen LogP contribution in [0.1, 0.15) is 103 Å². The largest absolute Gasteiger partial charge is 0.494 e. The van der Waals surface area contributed by atoms with E-state index in [4.69, 9.17) is 18.8 Å². The summed E-state index contributed by atoms with van der Waals surface area (Å²) < 4.78 is 22.9. The first-order valence-electron chi connectivity index (χ1n) is 15.9. The van der Waals surface area contributed by atoms with E-state index in [1.165, 1.54) is 0 Å². The predicted octanol–water partition coefficient (Wildman–Crippen LogP) is 5.54. The van der Waals surface area contributed by atoms with Gasteiger partial charge in [-0.1, -0.05) is 56.7 Å². The number of alkyl carbamates (subject to hydrolysis) is 1. The number of hydrogen-bond donors (Lipinski definition) is 2. The van der Waals surface area contributed by atoms with Crippen molar-refractivity contribution in [1.82, 2.24) is 10.6 Å². The Balaban J connectivity index is 1.65. The lowest BCUT2D eigenvalue weighted by Gasteiger charge is -2.32. The Morgan fingerprint density at radius 2 is 1.49 bits per heavy atom. The second kappa shape index (κ2) is 14.8. The van der Waals surface area contributed by atoms with E-state index in [-0.39, 0.29) is 24.9 Å². The average molecular weight is 623 g/mol. The van der Waals surface area contributed by atoms with E-state index in [9.17, 15) is 14.4 Å². The fraction of sp³-hybridized carbons (Fsp3) is 0.571. The van der Waals surface area contributed by atoms with Crippen LogP contribution < -0.4 is 16.1 Å². The summed E-state index contributed by atoms with van der Waals surface area (Å²) in [5, 5.41) is 5.72. The van der Waals surface area contributed by atoms with Crippen molar-refractivity contribution in [2.75, 3.05) is 13.2 Å². The highest BCUT2D eigenvalue weighted by molar-refractivity contribution is 6.62. The molecule has 2 aromatic rings. The fourth-order valence-corrected chi connectivity index (χ4v) is 5.03. The van der Waals surface area contributed by atoms with Gasteiger partial charge in [-0.3, -0.25) is 4.79 Å². The molecule has 1 unspecified atom stereocenters. The predicted molar refractivity (Wildman–Crippen MR) is 177 cm³/mol. The Bertz CT molecular complexity index is 1290. The van der Waals surface area contributed by atoms with Gasteiger partial charge in [-0.2, -0.15) is 0 Å². The highest BCUT2D eigenvalue weighted by atomic mass is 16.7. The van der Waals surface area contributed by atoms with E-state index in [1.807, 2.05) is 27.7 Å². The summed E-state index contributed by atoms with van der Waals surface area (Å²) in [6.45, 7) is 20.1. The van der Waals surface area contributed by atoms with Crippen molar-refractivity contribution < 1.29 is 33.2 Å². The van der Waals surface area contributed by atoms with Crippen LogP contribution in [-0.2, 0) is 30.0 Å². The van der Waals surface area contributed by atoms with Crippen molar-refractivity contribution in [2.24, 2.45) is 5.92 Å². The Labute approximate surface area is 269 Å². The molecule has 45 heavy (non-hydrogen) atoms. The molecule has 3 atom stereocenters. The monoisotopic (exact) mass is 622 g/mol. The molecule has 0 saturated carbocycles. The molecule has 1 fully saturated rings. The number of carbonyl (C=O) groups excluding carboxylic acids is 3. The Hall–Kier alpha value is -3.37. The molecule has 0 aromatic heterocycles. The van der Waals surface area contributed by atoms with E-state index in [0.29, 0.717) is 18.0 Å². The van der Waals surface area contributed by atoms with E-state index >= 15 is 0 Å². The summed E-state index contributed by atoms with van der Waals surface area (Å²) in [5.74, 6) is -0.273. The van der Waals surface area contributed by atoms with Crippen LogP contribution in [0.15, 0.2) is 48.5 Å². The number of amides is 2. The van der Waals surface area contributed by atoms with E-state index in [2.05, 4.69) is 48.7 Å². The van der Waals surface area contributed by atoms with E-state index in [0.717, 1.165) is 23.0 Å². The summed E-state index contributed by atoms with van der Waals surface area (Å²) in [5.41, 5.74) is 1.86. The number of rotatable bonds is 12. The van der Waals surface area contributed by atoms with Gasteiger partial charge in [0.25, 0.3) is 5.91 Å². The van der Waals surface area contributed by atoms with Crippen LogP contribution in [0.4, 0.5) is 4.79 Å². The maximum absolute atomic E-state index is 13.2. The smallest absolute Gasteiger partial charge is 0.464 e. The first-order chi connectivity index (χ1) is 21.0. The topological polar surface area (TPSA) is 112 Å². The number of carbonyl (C=O) groups is 3. The minimum Gasteiger partial charge on any atom is -0.464 e. The van der Waals surface area contributed by atoms with Crippen LogP contribution in [0.5, 0.6) is 0 Å². The molecule has 3 rings (SSSR count). The summed E-state index contributed by atoms with van der Waals surface area (Å²) in [7, 11) is -0.422. The van der Waals surface area contributed by atoms with Gasteiger partial charge in [0.15, 0.2) is 0 Å². The van der Waals surface area contributed by atoms with Gasteiger partial charge in [0.1, 0.15) is 11.6 Å². The SMILES string of the molecule is CCOC(=O)[C@H](Cc1ccc(C(=O)NC[C@@H](c2ccc(B3OC(C)(C)C(C)(C)O3)cc2)C(C)CC)cc1)NC(=O)OC(C)(C)C. The second-order valence-corrected chi connectivity index (χ2v) is 13.8. The zero-order valence-electron chi connectivity index (χ0n) is 28.6.